The van der Waals surface area contributed by atoms with E-state index in [2.05, 4.69) is 4.98 Å². The summed E-state index contributed by atoms with van der Waals surface area (Å²) in [4.78, 5) is 26.2. The first-order valence-corrected chi connectivity index (χ1v) is 7.47. The lowest BCUT2D eigenvalue weighted by molar-refractivity contribution is -0.0541. The summed E-state index contributed by atoms with van der Waals surface area (Å²) in [5.74, 6) is 0. The smallest absolute Gasteiger partial charge is 0.331 e. The number of rotatable bonds is 3. The molecule has 4 N–H and O–H groups in total. The van der Waals surface area contributed by atoms with Gasteiger partial charge in [0.05, 0.1) is 12.3 Å². The van der Waals surface area contributed by atoms with Crippen LogP contribution >= 0.6 is 0 Å². The van der Waals surface area contributed by atoms with Crippen molar-refractivity contribution in [3.8, 4) is 11.3 Å². The molecule has 1 saturated heterocycles. The van der Waals surface area contributed by atoms with Crippen LogP contribution in [-0.2, 0) is 4.74 Å². The van der Waals surface area contributed by atoms with Crippen molar-refractivity contribution in [2.75, 3.05) is 6.61 Å². The van der Waals surface area contributed by atoms with Gasteiger partial charge in [-0.2, -0.15) is 0 Å². The summed E-state index contributed by atoms with van der Waals surface area (Å²) in [6.07, 6.45) is -5.01. The van der Waals surface area contributed by atoms with Gasteiger partial charge < -0.3 is 20.1 Å². The molecule has 0 bridgehead atoms. The molecule has 128 valence electrons. The van der Waals surface area contributed by atoms with Gasteiger partial charge in [0.25, 0.3) is 5.56 Å². The van der Waals surface area contributed by atoms with Crippen LogP contribution in [0.15, 0.2) is 39.9 Å². The van der Waals surface area contributed by atoms with Crippen molar-refractivity contribution >= 4 is 0 Å². The van der Waals surface area contributed by atoms with Gasteiger partial charge in [-0.3, -0.25) is 14.3 Å². The Kier molecular flexibility index (Phi) is 4.37. The average Bonchev–Trinajstić information content (AvgIpc) is 2.83. The molecule has 1 aliphatic rings. The van der Waals surface area contributed by atoms with Gasteiger partial charge in [0.1, 0.15) is 18.3 Å². The molecule has 0 aliphatic carbocycles. The van der Waals surface area contributed by atoms with Crippen LogP contribution in [0.3, 0.4) is 0 Å². The predicted octanol–water partition coefficient (Wildman–Crippen LogP) is -0.876. The number of aromatic amines is 1. The topological polar surface area (TPSA) is 125 Å². The zero-order valence-electron chi connectivity index (χ0n) is 12.9. The van der Waals surface area contributed by atoms with Crippen molar-refractivity contribution in [1.29, 1.82) is 0 Å². The number of hydrogen-bond acceptors (Lipinski definition) is 6. The van der Waals surface area contributed by atoms with Gasteiger partial charge in [-0.25, -0.2) is 4.79 Å². The normalized spacial score (nSPS) is 26.7. The zero-order valence-corrected chi connectivity index (χ0v) is 12.9. The number of nitrogens with zero attached hydrogens (tertiary/aromatic N) is 1. The van der Waals surface area contributed by atoms with Gasteiger partial charge in [0.15, 0.2) is 6.23 Å². The van der Waals surface area contributed by atoms with Crippen molar-refractivity contribution < 1.29 is 20.1 Å². The monoisotopic (exact) mass is 334 g/mol. The molecular weight excluding hydrogens is 316 g/mol. The van der Waals surface area contributed by atoms with Gasteiger partial charge >= 0.3 is 5.69 Å². The summed E-state index contributed by atoms with van der Waals surface area (Å²) in [5, 5.41) is 29.3. The first-order valence-electron chi connectivity index (χ1n) is 7.47. The first kappa shape index (κ1) is 16.6. The fourth-order valence-corrected chi connectivity index (χ4v) is 2.80. The number of aromatic nitrogens is 2. The number of aliphatic hydroxyl groups is 3. The summed E-state index contributed by atoms with van der Waals surface area (Å²) in [5.41, 5.74) is 0.483. The van der Waals surface area contributed by atoms with E-state index in [4.69, 9.17) is 4.74 Å². The molecule has 1 fully saturated rings. The van der Waals surface area contributed by atoms with Crippen LogP contribution in [-0.4, -0.2) is 49.8 Å². The molecule has 1 aromatic heterocycles. The molecule has 2 heterocycles. The van der Waals surface area contributed by atoms with Crippen LogP contribution in [0.25, 0.3) is 11.3 Å². The van der Waals surface area contributed by atoms with E-state index < -0.39 is 42.4 Å². The second kappa shape index (κ2) is 6.33. The molecule has 0 spiro atoms. The van der Waals surface area contributed by atoms with E-state index in [1.54, 1.807) is 12.1 Å². The van der Waals surface area contributed by atoms with Gasteiger partial charge in [0, 0.05) is 6.07 Å². The summed E-state index contributed by atoms with van der Waals surface area (Å²) < 4.78 is 6.50. The van der Waals surface area contributed by atoms with Crippen molar-refractivity contribution in [3.63, 3.8) is 0 Å². The SMILES string of the molecule is Cc1ccc(-c2cc(=O)[nH]c(=O)n2[C@@H]2O[C@H](CO)[C@@H](O)[C@H]2O)cc1. The molecule has 0 saturated carbocycles. The summed E-state index contributed by atoms with van der Waals surface area (Å²) >= 11 is 0. The minimum atomic E-state index is -1.42. The lowest BCUT2D eigenvalue weighted by atomic mass is 10.1. The third-order valence-corrected chi connectivity index (χ3v) is 4.10. The van der Waals surface area contributed by atoms with Gasteiger partial charge in [0.2, 0.25) is 0 Å². The minimum absolute atomic E-state index is 0.249. The van der Waals surface area contributed by atoms with Crippen LogP contribution in [0.1, 0.15) is 11.8 Å². The molecule has 1 aliphatic heterocycles. The maximum Gasteiger partial charge on any atom is 0.331 e. The zero-order chi connectivity index (χ0) is 17.4. The van der Waals surface area contributed by atoms with E-state index in [0.717, 1.165) is 10.1 Å². The molecular formula is C16H18N2O6. The molecule has 24 heavy (non-hydrogen) atoms. The Balaban J connectivity index is 2.16. The second-order valence-corrected chi connectivity index (χ2v) is 5.79. The summed E-state index contributed by atoms with van der Waals surface area (Å²) in [7, 11) is 0. The Labute approximate surface area is 136 Å². The number of aryl methyl sites for hydroxylation is 1. The van der Waals surface area contributed by atoms with Crippen molar-refractivity contribution in [3.05, 3.63) is 56.7 Å². The standard InChI is InChI=1S/C16H18N2O6/c1-8-2-4-9(5-3-8)10-6-12(20)17-16(23)18(10)15-14(22)13(21)11(7-19)24-15/h2-6,11,13-15,19,21-22H,7H2,1H3,(H,17,20,23)/t11-,13-,14-,15-/m1/s1. The highest BCUT2D eigenvalue weighted by molar-refractivity contribution is 5.59. The Morgan fingerprint density at radius 2 is 1.83 bits per heavy atom. The largest absolute Gasteiger partial charge is 0.394 e. The van der Waals surface area contributed by atoms with E-state index in [-0.39, 0.29) is 5.69 Å². The number of H-pyrrole nitrogens is 1. The summed E-state index contributed by atoms with van der Waals surface area (Å²) in [6, 6.07) is 8.34. The minimum Gasteiger partial charge on any atom is -0.394 e. The highest BCUT2D eigenvalue weighted by atomic mass is 16.6. The van der Waals surface area contributed by atoms with Crippen molar-refractivity contribution in [2.24, 2.45) is 0 Å². The number of aliphatic hydroxyl groups excluding tert-OH is 3. The lowest BCUT2D eigenvalue weighted by Crippen LogP contribution is -2.38. The van der Waals surface area contributed by atoms with E-state index in [1.165, 1.54) is 6.07 Å². The molecule has 1 aromatic carbocycles. The van der Waals surface area contributed by atoms with E-state index >= 15 is 0 Å². The Morgan fingerprint density at radius 1 is 1.17 bits per heavy atom. The molecule has 2 aromatic rings. The molecule has 0 radical (unpaired) electrons. The van der Waals surface area contributed by atoms with E-state index in [1.807, 2.05) is 19.1 Å². The van der Waals surface area contributed by atoms with Crippen LogP contribution in [0.5, 0.6) is 0 Å². The molecule has 8 nitrogen and oxygen atoms in total. The fourth-order valence-electron chi connectivity index (χ4n) is 2.80. The van der Waals surface area contributed by atoms with E-state index in [0.29, 0.717) is 5.56 Å². The van der Waals surface area contributed by atoms with Crippen molar-refractivity contribution in [2.45, 2.75) is 31.5 Å². The maximum atomic E-state index is 12.3. The molecule has 0 amide bonds. The average molecular weight is 334 g/mol. The lowest BCUT2D eigenvalue weighted by Gasteiger charge is -2.21. The predicted molar refractivity (Wildman–Crippen MR) is 84.5 cm³/mol. The number of nitrogens with one attached hydrogen (secondary N) is 1. The van der Waals surface area contributed by atoms with Crippen LogP contribution in [0.2, 0.25) is 0 Å². The van der Waals surface area contributed by atoms with Gasteiger partial charge in [-0.05, 0) is 12.5 Å². The maximum absolute atomic E-state index is 12.3. The molecule has 4 atom stereocenters. The highest BCUT2D eigenvalue weighted by Crippen LogP contribution is 2.31. The third kappa shape index (κ3) is 2.80. The Bertz CT molecular complexity index is 841. The van der Waals surface area contributed by atoms with Crippen LogP contribution < -0.4 is 11.2 Å². The second-order valence-electron chi connectivity index (χ2n) is 5.79. The number of hydrogen-bond donors (Lipinski definition) is 4. The Hall–Kier alpha value is -2.26. The fraction of sp³-hybridized carbons (Fsp3) is 0.375. The summed E-state index contributed by atoms with van der Waals surface area (Å²) in [6.45, 7) is 1.40. The third-order valence-electron chi connectivity index (χ3n) is 4.10. The van der Waals surface area contributed by atoms with Crippen LogP contribution in [0, 0.1) is 6.92 Å². The van der Waals surface area contributed by atoms with Crippen LogP contribution in [0.4, 0.5) is 0 Å². The van der Waals surface area contributed by atoms with Crippen molar-refractivity contribution in [1.82, 2.24) is 9.55 Å². The highest BCUT2D eigenvalue weighted by Gasteiger charge is 2.44. The molecule has 3 rings (SSSR count). The molecule has 0 unspecified atom stereocenters. The van der Waals surface area contributed by atoms with E-state index in [9.17, 15) is 24.9 Å². The number of ether oxygens (including phenoxy) is 1. The van der Waals surface area contributed by atoms with Gasteiger partial charge in [-0.1, -0.05) is 29.8 Å². The van der Waals surface area contributed by atoms with Gasteiger partial charge in [-0.15, -0.1) is 0 Å². The molecule has 8 heteroatoms. The Morgan fingerprint density at radius 3 is 2.42 bits per heavy atom. The number of benzene rings is 1. The quantitative estimate of drug-likeness (QED) is 0.578. The first-order chi connectivity index (χ1) is 11.4.